The fourth-order valence-corrected chi connectivity index (χ4v) is 1.72. The number of hydrogen-bond acceptors (Lipinski definition) is 2. The van der Waals surface area contributed by atoms with E-state index in [1.54, 1.807) is 0 Å². The van der Waals surface area contributed by atoms with E-state index in [-0.39, 0.29) is 17.9 Å². The van der Waals surface area contributed by atoms with Crippen molar-refractivity contribution in [1.29, 1.82) is 0 Å². The van der Waals surface area contributed by atoms with Crippen LogP contribution in [-0.4, -0.2) is 18.5 Å². The van der Waals surface area contributed by atoms with Gasteiger partial charge in [0.2, 0.25) is 5.91 Å². The molecule has 1 saturated carbocycles. The van der Waals surface area contributed by atoms with Gasteiger partial charge in [0.25, 0.3) is 0 Å². The summed E-state index contributed by atoms with van der Waals surface area (Å²) in [4.78, 5) is 11.7. The van der Waals surface area contributed by atoms with Gasteiger partial charge in [0.15, 0.2) is 0 Å². The Kier molecular flexibility index (Phi) is 4.58. The summed E-state index contributed by atoms with van der Waals surface area (Å²) in [5.74, 6) is 1.72. The van der Waals surface area contributed by atoms with E-state index >= 15 is 0 Å². The van der Waals surface area contributed by atoms with Crippen molar-refractivity contribution in [3.63, 3.8) is 0 Å². The van der Waals surface area contributed by atoms with Crippen molar-refractivity contribution in [2.45, 2.75) is 46.1 Å². The van der Waals surface area contributed by atoms with Gasteiger partial charge in [0.1, 0.15) is 0 Å². The Bertz CT molecular complexity index is 214. The zero-order valence-electron chi connectivity index (χ0n) is 10.1. The molecule has 3 atom stereocenters. The van der Waals surface area contributed by atoms with Gasteiger partial charge >= 0.3 is 0 Å². The van der Waals surface area contributed by atoms with Gasteiger partial charge in [-0.05, 0) is 30.6 Å². The molecule has 0 saturated heterocycles. The first kappa shape index (κ1) is 12.5. The second-order valence-electron chi connectivity index (χ2n) is 4.97. The molecule has 15 heavy (non-hydrogen) atoms. The lowest BCUT2D eigenvalue weighted by molar-refractivity contribution is -0.123. The molecule has 1 aliphatic rings. The highest BCUT2D eigenvalue weighted by Gasteiger charge is 2.28. The average Bonchev–Trinajstić information content (AvgIpc) is 3.06. The number of carbonyl (C=O) groups excluding carboxylic acids is 1. The summed E-state index contributed by atoms with van der Waals surface area (Å²) in [6, 6.07) is -0.346. The molecule has 0 heterocycles. The Balaban J connectivity index is 2.22. The van der Waals surface area contributed by atoms with Gasteiger partial charge in [0.05, 0.1) is 6.04 Å². The quantitative estimate of drug-likeness (QED) is 0.701. The third-order valence-corrected chi connectivity index (χ3v) is 3.58. The van der Waals surface area contributed by atoms with E-state index in [0.29, 0.717) is 5.92 Å². The first-order valence-electron chi connectivity index (χ1n) is 6.09. The third-order valence-electron chi connectivity index (χ3n) is 3.58. The summed E-state index contributed by atoms with van der Waals surface area (Å²) >= 11 is 0. The number of rotatable bonds is 6. The summed E-state index contributed by atoms with van der Waals surface area (Å²) < 4.78 is 0. The molecule has 1 unspecified atom stereocenters. The molecule has 0 bridgehead atoms. The SMILES string of the molecule is CC[C@H](C)[C@H](N)C(=O)NCC(C)C1CC1. The van der Waals surface area contributed by atoms with Gasteiger partial charge in [-0.15, -0.1) is 0 Å². The van der Waals surface area contributed by atoms with Crippen LogP contribution in [0.4, 0.5) is 0 Å². The molecule has 1 amide bonds. The van der Waals surface area contributed by atoms with Crippen LogP contribution < -0.4 is 11.1 Å². The molecule has 1 rings (SSSR count). The zero-order valence-corrected chi connectivity index (χ0v) is 10.1. The largest absolute Gasteiger partial charge is 0.354 e. The first-order chi connectivity index (χ1) is 7.06. The van der Waals surface area contributed by atoms with Crippen molar-refractivity contribution in [1.82, 2.24) is 5.32 Å². The van der Waals surface area contributed by atoms with Crippen molar-refractivity contribution >= 4 is 5.91 Å². The second kappa shape index (κ2) is 5.50. The van der Waals surface area contributed by atoms with E-state index in [1.807, 2.05) is 6.92 Å². The lowest BCUT2D eigenvalue weighted by Gasteiger charge is -2.19. The lowest BCUT2D eigenvalue weighted by Crippen LogP contribution is -2.45. The molecule has 3 nitrogen and oxygen atoms in total. The minimum absolute atomic E-state index is 0.0110. The summed E-state index contributed by atoms with van der Waals surface area (Å²) in [5, 5.41) is 2.95. The molecular weight excluding hydrogens is 188 g/mol. The minimum Gasteiger partial charge on any atom is -0.354 e. The number of nitrogens with one attached hydrogen (secondary N) is 1. The average molecular weight is 212 g/mol. The van der Waals surface area contributed by atoms with Crippen LogP contribution in [-0.2, 0) is 4.79 Å². The van der Waals surface area contributed by atoms with Crippen molar-refractivity contribution in [2.75, 3.05) is 6.54 Å². The molecule has 3 N–H and O–H groups in total. The van der Waals surface area contributed by atoms with Crippen LogP contribution in [0.2, 0.25) is 0 Å². The fourth-order valence-electron chi connectivity index (χ4n) is 1.72. The van der Waals surface area contributed by atoms with Gasteiger partial charge in [-0.1, -0.05) is 27.2 Å². The van der Waals surface area contributed by atoms with Crippen LogP contribution in [0.15, 0.2) is 0 Å². The molecule has 0 aromatic rings. The summed E-state index contributed by atoms with van der Waals surface area (Å²) in [7, 11) is 0. The molecular formula is C12H24N2O. The topological polar surface area (TPSA) is 55.1 Å². The highest BCUT2D eigenvalue weighted by molar-refractivity contribution is 5.81. The fraction of sp³-hybridized carbons (Fsp3) is 0.917. The van der Waals surface area contributed by atoms with E-state index in [4.69, 9.17) is 5.73 Å². The Morgan fingerprint density at radius 3 is 2.53 bits per heavy atom. The van der Waals surface area contributed by atoms with Crippen LogP contribution in [0.3, 0.4) is 0 Å². The Morgan fingerprint density at radius 1 is 1.47 bits per heavy atom. The van der Waals surface area contributed by atoms with Crippen LogP contribution >= 0.6 is 0 Å². The monoisotopic (exact) mass is 212 g/mol. The van der Waals surface area contributed by atoms with Crippen molar-refractivity contribution in [3.05, 3.63) is 0 Å². The second-order valence-corrected chi connectivity index (χ2v) is 4.97. The molecule has 88 valence electrons. The van der Waals surface area contributed by atoms with Gasteiger partial charge < -0.3 is 11.1 Å². The van der Waals surface area contributed by atoms with Crippen molar-refractivity contribution in [2.24, 2.45) is 23.5 Å². The zero-order chi connectivity index (χ0) is 11.4. The maximum absolute atomic E-state index is 11.7. The maximum Gasteiger partial charge on any atom is 0.237 e. The van der Waals surface area contributed by atoms with E-state index in [2.05, 4.69) is 19.2 Å². The maximum atomic E-state index is 11.7. The molecule has 3 heteroatoms. The van der Waals surface area contributed by atoms with Gasteiger partial charge in [-0.25, -0.2) is 0 Å². The van der Waals surface area contributed by atoms with E-state index < -0.39 is 0 Å². The molecule has 0 aliphatic heterocycles. The van der Waals surface area contributed by atoms with Gasteiger partial charge in [0, 0.05) is 6.54 Å². The van der Waals surface area contributed by atoms with Crippen LogP contribution in [0.1, 0.15) is 40.0 Å². The van der Waals surface area contributed by atoms with Crippen molar-refractivity contribution < 1.29 is 4.79 Å². The molecule has 0 radical (unpaired) electrons. The van der Waals surface area contributed by atoms with Gasteiger partial charge in [-0.3, -0.25) is 4.79 Å². The molecule has 1 fully saturated rings. The Labute approximate surface area is 92.8 Å². The van der Waals surface area contributed by atoms with Crippen LogP contribution in [0.5, 0.6) is 0 Å². The van der Waals surface area contributed by atoms with E-state index in [1.165, 1.54) is 12.8 Å². The predicted octanol–water partition coefficient (Wildman–Crippen LogP) is 1.52. The standard InChI is InChI=1S/C12H24N2O/c1-4-8(2)11(13)12(15)14-7-9(3)10-5-6-10/h8-11H,4-7,13H2,1-3H3,(H,14,15)/t8-,9?,11-/m0/s1. The van der Waals surface area contributed by atoms with E-state index in [0.717, 1.165) is 18.9 Å². The van der Waals surface area contributed by atoms with Crippen molar-refractivity contribution in [3.8, 4) is 0 Å². The van der Waals surface area contributed by atoms with Crippen LogP contribution in [0.25, 0.3) is 0 Å². The highest BCUT2D eigenvalue weighted by atomic mass is 16.2. The number of hydrogen-bond donors (Lipinski definition) is 2. The minimum atomic E-state index is -0.346. The first-order valence-corrected chi connectivity index (χ1v) is 6.09. The summed E-state index contributed by atoms with van der Waals surface area (Å²) in [6.07, 6.45) is 3.61. The molecule has 1 aliphatic carbocycles. The Morgan fingerprint density at radius 2 is 2.07 bits per heavy atom. The number of amides is 1. The van der Waals surface area contributed by atoms with Crippen LogP contribution in [0, 0.1) is 17.8 Å². The van der Waals surface area contributed by atoms with E-state index in [9.17, 15) is 4.79 Å². The lowest BCUT2D eigenvalue weighted by atomic mass is 9.99. The number of nitrogens with two attached hydrogens (primary N) is 1. The smallest absolute Gasteiger partial charge is 0.237 e. The highest BCUT2D eigenvalue weighted by Crippen LogP contribution is 2.36. The van der Waals surface area contributed by atoms with Gasteiger partial charge in [-0.2, -0.15) is 0 Å². The number of carbonyl (C=O) groups is 1. The normalized spacial score (nSPS) is 21.9. The molecule has 0 aromatic heterocycles. The summed E-state index contributed by atoms with van der Waals surface area (Å²) in [6.45, 7) is 7.07. The Hall–Kier alpha value is -0.570. The third kappa shape index (κ3) is 3.82. The molecule has 0 aromatic carbocycles. The molecule has 0 spiro atoms. The summed E-state index contributed by atoms with van der Waals surface area (Å²) in [5.41, 5.74) is 5.84. The predicted molar refractivity (Wildman–Crippen MR) is 62.3 cm³/mol.